The summed E-state index contributed by atoms with van der Waals surface area (Å²) in [4.78, 5) is 10.2. The number of hydrogen-bond acceptors (Lipinski definition) is 6. The van der Waals surface area contributed by atoms with Crippen LogP contribution in [0, 0.1) is 16.0 Å². The molecular weight excluding hydrogens is 322 g/mol. The molecule has 8 nitrogen and oxygen atoms in total. The summed E-state index contributed by atoms with van der Waals surface area (Å²) < 4.78 is 32.3. The monoisotopic (exact) mass is 341 g/mol. The van der Waals surface area contributed by atoms with Crippen LogP contribution >= 0.6 is 0 Å². The molecule has 126 valence electrons. The first-order valence-electron chi connectivity index (χ1n) is 7.49. The highest BCUT2D eigenvalue weighted by Gasteiger charge is 2.38. The third-order valence-electron chi connectivity index (χ3n) is 4.59. The second kappa shape index (κ2) is 6.06. The van der Waals surface area contributed by atoms with Gasteiger partial charge in [0.1, 0.15) is 10.6 Å². The van der Waals surface area contributed by atoms with Crippen LogP contribution in [0.5, 0.6) is 5.75 Å². The zero-order valence-corrected chi connectivity index (χ0v) is 13.6. The van der Waals surface area contributed by atoms with Gasteiger partial charge in [-0.3, -0.25) is 10.1 Å². The molecule has 1 N–H and O–H groups in total. The molecule has 3 rings (SSSR count). The first-order valence-corrected chi connectivity index (χ1v) is 8.93. The zero-order valence-electron chi connectivity index (χ0n) is 12.8. The Bertz CT molecular complexity index is 721. The van der Waals surface area contributed by atoms with Crippen LogP contribution in [0.4, 0.5) is 5.69 Å². The highest BCUT2D eigenvalue weighted by molar-refractivity contribution is 7.89. The predicted octanol–water partition coefficient (Wildman–Crippen LogP) is 0.976. The summed E-state index contributed by atoms with van der Waals surface area (Å²) in [6.07, 6.45) is 1.74. The number of hydrogen-bond donors (Lipinski definition) is 1. The Morgan fingerprint density at radius 2 is 2.17 bits per heavy atom. The minimum atomic E-state index is -3.73. The highest BCUT2D eigenvalue weighted by Crippen LogP contribution is 2.33. The maximum atomic E-state index is 12.9. The molecule has 0 aliphatic carbocycles. The van der Waals surface area contributed by atoms with Crippen LogP contribution in [0.15, 0.2) is 23.1 Å². The molecule has 23 heavy (non-hydrogen) atoms. The Morgan fingerprint density at radius 3 is 2.87 bits per heavy atom. The van der Waals surface area contributed by atoms with Crippen LogP contribution in [0.1, 0.15) is 12.8 Å². The lowest BCUT2D eigenvalue weighted by Gasteiger charge is -2.34. The third kappa shape index (κ3) is 2.91. The zero-order chi connectivity index (χ0) is 16.6. The molecule has 1 aromatic carbocycles. The second-order valence-corrected chi connectivity index (χ2v) is 7.76. The molecule has 0 saturated carbocycles. The Morgan fingerprint density at radius 1 is 1.39 bits per heavy atom. The van der Waals surface area contributed by atoms with Crippen molar-refractivity contribution in [3.05, 3.63) is 28.3 Å². The molecule has 2 saturated heterocycles. The van der Waals surface area contributed by atoms with Crippen LogP contribution < -0.4 is 10.1 Å². The van der Waals surface area contributed by atoms with Crippen molar-refractivity contribution in [1.29, 1.82) is 0 Å². The Hall–Kier alpha value is -1.71. The summed E-state index contributed by atoms with van der Waals surface area (Å²) in [7, 11) is -2.42. The van der Waals surface area contributed by atoms with Crippen LogP contribution in [0.3, 0.4) is 0 Å². The second-order valence-electron chi connectivity index (χ2n) is 5.85. The van der Waals surface area contributed by atoms with E-state index in [4.69, 9.17) is 4.74 Å². The van der Waals surface area contributed by atoms with Gasteiger partial charge in [-0.1, -0.05) is 0 Å². The SMILES string of the molecule is COc1cc([N+](=O)[O-])ccc1S(=O)(=O)N1CCC2NCCC2C1. The number of piperidine rings is 1. The van der Waals surface area contributed by atoms with E-state index in [-0.39, 0.29) is 16.3 Å². The summed E-state index contributed by atoms with van der Waals surface area (Å²) in [5.74, 6) is 0.327. The quantitative estimate of drug-likeness (QED) is 0.647. The Labute approximate surface area is 134 Å². The summed E-state index contributed by atoms with van der Waals surface area (Å²) in [5.41, 5.74) is -0.195. The third-order valence-corrected chi connectivity index (χ3v) is 6.50. The van der Waals surface area contributed by atoms with Gasteiger partial charge in [-0.15, -0.1) is 0 Å². The molecule has 0 spiro atoms. The van der Waals surface area contributed by atoms with Crippen molar-refractivity contribution in [2.24, 2.45) is 5.92 Å². The number of fused-ring (bicyclic) bond motifs is 1. The fraction of sp³-hybridized carbons (Fsp3) is 0.571. The molecule has 2 heterocycles. The number of ether oxygens (including phenoxy) is 1. The van der Waals surface area contributed by atoms with E-state index in [1.165, 1.54) is 23.5 Å². The van der Waals surface area contributed by atoms with Crippen molar-refractivity contribution < 1.29 is 18.1 Å². The van der Waals surface area contributed by atoms with Gasteiger partial charge < -0.3 is 10.1 Å². The number of benzene rings is 1. The van der Waals surface area contributed by atoms with E-state index in [0.717, 1.165) is 25.5 Å². The lowest BCUT2D eigenvalue weighted by Crippen LogP contribution is -2.46. The van der Waals surface area contributed by atoms with Crippen LogP contribution in [0.25, 0.3) is 0 Å². The summed E-state index contributed by atoms with van der Waals surface area (Å²) in [6.45, 7) is 1.83. The predicted molar refractivity (Wildman–Crippen MR) is 82.9 cm³/mol. The van der Waals surface area contributed by atoms with Crippen molar-refractivity contribution in [2.45, 2.75) is 23.8 Å². The normalized spacial score (nSPS) is 25.1. The van der Waals surface area contributed by atoms with E-state index in [9.17, 15) is 18.5 Å². The number of sulfonamides is 1. The molecule has 0 radical (unpaired) electrons. The first kappa shape index (κ1) is 16.2. The largest absolute Gasteiger partial charge is 0.495 e. The van der Waals surface area contributed by atoms with Gasteiger partial charge in [-0.2, -0.15) is 4.31 Å². The molecule has 0 amide bonds. The van der Waals surface area contributed by atoms with Crippen molar-refractivity contribution in [3.8, 4) is 5.75 Å². The van der Waals surface area contributed by atoms with Gasteiger partial charge in [0.05, 0.1) is 18.1 Å². The average molecular weight is 341 g/mol. The number of nitro benzene ring substituents is 1. The molecule has 0 bridgehead atoms. The average Bonchev–Trinajstić information content (AvgIpc) is 3.01. The van der Waals surface area contributed by atoms with Gasteiger partial charge in [0.25, 0.3) is 5.69 Å². The maximum Gasteiger partial charge on any atom is 0.273 e. The van der Waals surface area contributed by atoms with E-state index in [2.05, 4.69) is 5.32 Å². The fourth-order valence-electron chi connectivity index (χ4n) is 3.35. The molecule has 2 unspecified atom stereocenters. The fourth-order valence-corrected chi connectivity index (χ4v) is 5.00. The topological polar surface area (TPSA) is 102 Å². The number of rotatable bonds is 4. The number of non-ortho nitro benzene ring substituents is 1. The van der Waals surface area contributed by atoms with Crippen molar-refractivity contribution in [2.75, 3.05) is 26.7 Å². The summed E-state index contributed by atoms with van der Waals surface area (Å²) in [5, 5.41) is 14.2. The molecule has 2 fully saturated rings. The van der Waals surface area contributed by atoms with Crippen LogP contribution in [-0.2, 0) is 10.0 Å². The summed E-state index contributed by atoms with van der Waals surface area (Å²) in [6, 6.07) is 3.99. The maximum absolute atomic E-state index is 12.9. The Balaban J connectivity index is 1.91. The Kier molecular flexibility index (Phi) is 4.26. The smallest absolute Gasteiger partial charge is 0.273 e. The van der Waals surface area contributed by atoms with Crippen LogP contribution in [-0.4, -0.2) is 50.4 Å². The van der Waals surface area contributed by atoms with E-state index in [0.29, 0.717) is 25.0 Å². The van der Waals surface area contributed by atoms with E-state index in [1.807, 2.05) is 0 Å². The van der Waals surface area contributed by atoms with Crippen molar-refractivity contribution in [3.63, 3.8) is 0 Å². The molecule has 2 aliphatic rings. The van der Waals surface area contributed by atoms with E-state index < -0.39 is 14.9 Å². The molecule has 2 atom stereocenters. The van der Waals surface area contributed by atoms with Crippen molar-refractivity contribution >= 4 is 15.7 Å². The van der Waals surface area contributed by atoms with Gasteiger partial charge in [0.2, 0.25) is 10.0 Å². The van der Waals surface area contributed by atoms with Crippen molar-refractivity contribution in [1.82, 2.24) is 9.62 Å². The van der Waals surface area contributed by atoms with E-state index >= 15 is 0 Å². The minimum Gasteiger partial charge on any atom is -0.495 e. The van der Waals surface area contributed by atoms with Gasteiger partial charge in [-0.25, -0.2) is 8.42 Å². The van der Waals surface area contributed by atoms with Gasteiger partial charge in [0.15, 0.2) is 0 Å². The number of nitrogens with zero attached hydrogens (tertiary/aromatic N) is 2. The molecule has 0 aromatic heterocycles. The lowest BCUT2D eigenvalue weighted by atomic mass is 9.95. The lowest BCUT2D eigenvalue weighted by molar-refractivity contribution is -0.385. The van der Waals surface area contributed by atoms with Crippen LogP contribution in [0.2, 0.25) is 0 Å². The number of methoxy groups -OCH3 is 1. The number of nitrogens with one attached hydrogen (secondary N) is 1. The molecule has 9 heteroatoms. The van der Waals surface area contributed by atoms with E-state index in [1.54, 1.807) is 0 Å². The summed E-state index contributed by atoms with van der Waals surface area (Å²) >= 11 is 0. The molecular formula is C14H19N3O5S. The molecule has 2 aliphatic heterocycles. The first-order chi connectivity index (χ1) is 10.9. The minimum absolute atomic E-state index is 0.00544. The highest BCUT2D eigenvalue weighted by atomic mass is 32.2. The van der Waals surface area contributed by atoms with Gasteiger partial charge >= 0.3 is 0 Å². The number of nitro groups is 1. The van der Waals surface area contributed by atoms with Gasteiger partial charge in [0, 0.05) is 25.2 Å². The van der Waals surface area contributed by atoms with Gasteiger partial charge in [-0.05, 0) is 31.4 Å². The standard InChI is InChI=1S/C14H19N3O5S/c1-22-13-8-11(17(18)19)2-3-14(13)23(20,21)16-7-5-12-10(9-16)4-6-15-12/h2-3,8,10,12,15H,4-7,9H2,1H3. The molecule has 1 aromatic rings.